The van der Waals surface area contributed by atoms with E-state index in [-0.39, 0.29) is 17.0 Å². The number of carbonyl (C=O) groups is 2. The van der Waals surface area contributed by atoms with Gasteiger partial charge < -0.3 is 20.5 Å². The number of rotatable bonds is 6. The number of piperidine rings is 1. The van der Waals surface area contributed by atoms with E-state index < -0.39 is 17.8 Å². The topological polar surface area (TPSA) is 90.1 Å². The van der Waals surface area contributed by atoms with Crippen molar-refractivity contribution in [2.75, 3.05) is 31.6 Å². The largest absolute Gasteiger partial charge is 0.348 e. The van der Waals surface area contributed by atoms with Crippen LogP contribution in [-0.2, 0) is 16.8 Å². The van der Waals surface area contributed by atoms with E-state index in [1.807, 2.05) is 11.2 Å². The molecule has 0 unspecified atom stereocenters. The molecule has 31 heavy (non-hydrogen) atoms. The van der Waals surface area contributed by atoms with E-state index in [9.17, 15) is 14.0 Å². The Hall–Kier alpha value is -2.39. The second-order valence-electron chi connectivity index (χ2n) is 8.13. The molecule has 2 amide bonds. The molecule has 2 aliphatic rings. The van der Waals surface area contributed by atoms with Gasteiger partial charge >= 0.3 is 0 Å². The molecule has 1 spiro atoms. The van der Waals surface area contributed by atoms with Crippen LogP contribution >= 0.6 is 11.8 Å². The number of aromatic amines is 1. The lowest BCUT2D eigenvalue weighted by molar-refractivity contribution is -0.135. The Bertz CT molecular complexity index is 941. The second-order valence-corrected chi connectivity index (χ2v) is 9.12. The van der Waals surface area contributed by atoms with Gasteiger partial charge in [0.05, 0.1) is 17.6 Å². The molecule has 1 fully saturated rings. The van der Waals surface area contributed by atoms with Crippen molar-refractivity contribution in [3.63, 3.8) is 0 Å². The molecule has 2 aromatic rings. The number of aromatic nitrogens is 2. The Morgan fingerprint density at radius 3 is 2.90 bits per heavy atom. The number of fused-ring (bicyclic) bond motifs is 2. The van der Waals surface area contributed by atoms with Crippen LogP contribution in [0.4, 0.5) is 4.39 Å². The van der Waals surface area contributed by atoms with Crippen molar-refractivity contribution in [3.8, 4) is 0 Å². The van der Waals surface area contributed by atoms with Crippen LogP contribution in [0.15, 0.2) is 30.6 Å². The molecule has 1 aromatic carbocycles. The number of thioether (sulfide) groups is 1. The molecular formula is C22H28FN5O2S. The fraction of sp³-hybridized carbons (Fsp3) is 0.500. The third-order valence-corrected chi connectivity index (χ3v) is 6.88. The van der Waals surface area contributed by atoms with Crippen molar-refractivity contribution in [2.45, 2.75) is 37.3 Å². The maximum absolute atomic E-state index is 13.5. The van der Waals surface area contributed by atoms with E-state index in [2.05, 4.69) is 20.6 Å². The average Bonchev–Trinajstić information content (AvgIpc) is 3.27. The molecule has 0 bridgehead atoms. The van der Waals surface area contributed by atoms with Crippen molar-refractivity contribution < 1.29 is 14.0 Å². The highest BCUT2D eigenvalue weighted by atomic mass is 32.2. The zero-order valence-electron chi connectivity index (χ0n) is 17.6. The Labute approximate surface area is 185 Å². The first-order valence-electron chi connectivity index (χ1n) is 10.6. The summed E-state index contributed by atoms with van der Waals surface area (Å²) in [6, 6.07) is 4.90. The van der Waals surface area contributed by atoms with E-state index in [0.717, 1.165) is 37.3 Å². The molecule has 1 atom stereocenters. The fourth-order valence-corrected chi connectivity index (χ4v) is 5.01. The first kappa shape index (κ1) is 21.8. The number of amides is 2. The first-order chi connectivity index (χ1) is 15.0. The number of benzene rings is 1. The molecule has 7 nitrogen and oxygen atoms in total. The number of hydrogen-bond donors (Lipinski definition) is 3. The maximum Gasteiger partial charge on any atom is 0.252 e. The summed E-state index contributed by atoms with van der Waals surface area (Å²) in [6.45, 7) is 2.09. The summed E-state index contributed by atoms with van der Waals surface area (Å²) < 4.78 is 13.5. The number of nitrogens with zero attached hydrogens (tertiary/aromatic N) is 2. The molecule has 3 N–H and O–H groups in total. The lowest BCUT2D eigenvalue weighted by atomic mass is 9.80. The monoisotopic (exact) mass is 445 g/mol. The zero-order chi connectivity index (χ0) is 21.8. The second kappa shape index (κ2) is 9.40. The van der Waals surface area contributed by atoms with Crippen LogP contribution in [0.2, 0.25) is 0 Å². The van der Waals surface area contributed by atoms with Crippen molar-refractivity contribution >= 4 is 23.6 Å². The summed E-state index contributed by atoms with van der Waals surface area (Å²) in [5, 5.41) is 6.46. The number of imidazole rings is 1. The van der Waals surface area contributed by atoms with E-state index in [4.69, 9.17) is 0 Å². The predicted octanol–water partition coefficient (Wildman–Crippen LogP) is 2.06. The summed E-state index contributed by atoms with van der Waals surface area (Å²) in [6.07, 6.45) is 6.74. The molecule has 166 valence electrons. The molecule has 2 aliphatic heterocycles. The summed E-state index contributed by atoms with van der Waals surface area (Å²) in [5.41, 5.74) is 2.28. The number of carbonyl (C=O) groups excluding carboxylic acids is 2. The van der Waals surface area contributed by atoms with Crippen LogP contribution in [0.5, 0.6) is 0 Å². The minimum absolute atomic E-state index is 0.0771. The number of likely N-dealkylation sites (tertiary alicyclic amines) is 1. The van der Waals surface area contributed by atoms with Crippen LogP contribution in [-0.4, -0.2) is 64.4 Å². The number of halogens is 1. The van der Waals surface area contributed by atoms with Gasteiger partial charge in [-0.15, -0.1) is 0 Å². The summed E-state index contributed by atoms with van der Waals surface area (Å²) in [5.74, 6) is -0.233. The van der Waals surface area contributed by atoms with Crippen LogP contribution in [0.3, 0.4) is 0 Å². The standard InChI is InChI=1S/C22H28FN5O2S/c1-31-12-6-18(27-20(29)15-3-2-4-16(23)13-15)21(30)28-10-7-22(8-11-28)19-17(5-9-26-22)24-14-25-19/h2-4,13-14,18,26H,5-12H2,1H3,(H,24,25)(H,27,29)/t18-/m0/s1. The van der Waals surface area contributed by atoms with Crippen LogP contribution in [0.25, 0.3) is 0 Å². The molecule has 3 heterocycles. The number of nitrogens with one attached hydrogen (secondary N) is 3. The summed E-state index contributed by atoms with van der Waals surface area (Å²) in [7, 11) is 0. The van der Waals surface area contributed by atoms with Crippen molar-refractivity contribution in [1.82, 2.24) is 25.5 Å². The normalized spacial score (nSPS) is 18.5. The van der Waals surface area contributed by atoms with Crippen LogP contribution in [0, 0.1) is 5.82 Å². The minimum atomic E-state index is -0.627. The van der Waals surface area contributed by atoms with E-state index >= 15 is 0 Å². The van der Waals surface area contributed by atoms with Gasteiger partial charge in [-0.1, -0.05) is 6.07 Å². The highest BCUT2D eigenvalue weighted by molar-refractivity contribution is 7.98. The average molecular weight is 446 g/mol. The number of H-pyrrole nitrogens is 1. The molecule has 4 rings (SSSR count). The maximum atomic E-state index is 13.5. The lowest BCUT2D eigenvalue weighted by Crippen LogP contribution is -2.57. The quantitative estimate of drug-likeness (QED) is 0.633. The molecule has 9 heteroatoms. The highest BCUT2D eigenvalue weighted by Crippen LogP contribution is 2.36. The van der Waals surface area contributed by atoms with Crippen LogP contribution < -0.4 is 10.6 Å². The Balaban J connectivity index is 1.43. The van der Waals surface area contributed by atoms with Gasteiger partial charge in [0.1, 0.15) is 11.9 Å². The van der Waals surface area contributed by atoms with Gasteiger partial charge in [0.15, 0.2) is 0 Å². The van der Waals surface area contributed by atoms with E-state index in [1.54, 1.807) is 24.2 Å². The van der Waals surface area contributed by atoms with Crippen LogP contribution in [0.1, 0.15) is 41.0 Å². The lowest BCUT2D eigenvalue weighted by Gasteiger charge is -2.44. The van der Waals surface area contributed by atoms with E-state index in [1.165, 1.54) is 23.9 Å². The summed E-state index contributed by atoms with van der Waals surface area (Å²) >= 11 is 1.63. The molecule has 1 saturated heterocycles. The Kier molecular flexibility index (Phi) is 6.62. The van der Waals surface area contributed by atoms with Gasteiger partial charge in [0, 0.05) is 37.3 Å². The highest BCUT2D eigenvalue weighted by Gasteiger charge is 2.42. The SMILES string of the molecule is CSCC[C@H](NC(=O)c1cccc(F)c1)C(=O)N1CCC2(CC1)NCCc1[nH]cnc12. The van der Waals surface area contributed by atoms with Gasteiger partial charge in [0.25, 0.3) is 5.91 Å². The minimum Gasteiger partial charge on any atom is -0.348 e. The Morgan fingerprint density at radius 2 is 2.16 bits per heavy atom. The summed E-state index contributed by atoms with van der Waals surface area (Å²) in [4.78, 5) is 35.5. The molecule has 1 aromatic heterocycles. The molecule has 0 saturated carbocycles. The zero-order valence-corrected chi connectivity index (χ0v) is 18.4. The predicted molar refractivity (Wildman–Crippen MR) is 118 cm³/mol. The van der Waals surface area contributed by atoms with Gasteiger partial charge in [-0.05, 0) is 49.5 Å². The van der Waals surface area contributed by atoms with Crippen molar-refractivity contribution in [2.24, 2.45) is 0 Å². The third-order valence-electron chi connectivity index (χ3n) is 6.24. The molecular weight excluding hydrogens is 417 g/mol. The fourth-order valence-electron chi connectivity index (χ4n) is 4.54. The van der Waals surface area contributed by atoms with E-state index in [0.29, 0.717) is 19.5 Å². The van der Waals surface area contributed by atoms with Gasteiger partial charge in [-0.3, -0.25) is 9.59 Å². The van der Waals surface area contributed by atoms with Gasteiger partial charge in [-0.25, -0.2) is 9.37 Å². The third kappa shape index (κ3) is 4.62. The van der Waals surface area contributed by atoms with Crippen molar-refractivity contribution in [3.05, 3.63) is 53.4 Å². The first-order valence-corrected chi connectivity index (χ1v) is 12.0. The Morgan fingerprint density at radius 1 is 1.35 bits per heavy atom. The van der Waals surface area contributed by atoms with Crippen molar-refractivity contribution in [1.29, 1.82) is 0 Å². The molecule has 0 radical (unpaired) electrons. The molecule has 0 aliphatic carbocycles. The van der Waals surface area contributed by atoms with Gasteiger partial charge in [-0.2, -0.15) is 11.8 Å². The van der Waals surface area contributed by atoms with Gasteiger partial charge in [0.2, 0.25) is 5.91 Å². The number of hydrogen-bond acceptors (Lipinski definition) is 5. The smallest absolute Gasteiger partial charge is 0.252 e.